The lowest BCUT2D eigenvalue weighted by molar-refractivity contribution is -0.178. The zero-order chi connectivity index (χ0) is 11.9. The molecular weight excluding hydrogens is 214 g/mol. The first-order valence-corrected chi connectivity index (χ1v) is 5.18. The maximum Gasteiger partial charge on any atom is 0.165 e. The normalized spacial score (nSPS) is 45.9. The fraction of sp³-hybridized carbons (Fsp3) is 1.00. The van der Waals surface area contributed by atoms with Gasteiger partial charge in [0.2, 0.25) is 0 Å². The van der Waals surface area contributed by atoms with Crippen LogP contribution in [0.25, 0.3) is 10.4 Å². The molecule has 2 aliphatic heterocycles. The molecule has 0 aromatic rings. The molecule has 1 N–H and O–H groups in total. The van der Waals surface area contributed by atoms with Crippen LogP contribution < -0.4 is 0 Å². The highest BCUT2D eigenvalue weighted by Gasteiger charge is 2.53. The Labute approximate surface area is 92.9 Å². The number of rotatable bonds is 1. The predicted octanol–water partition coefficient (Wildman–Crippen LogP) is 0.922. The second-order valence-electron chi connectivity index (χ2n) is 4.49. The molecule has 0 radical (unpaired) electrons. The van der Waals surface area contributed by atoms with Crippen LogP contribution in [0.15, 0.2) is 5.11 Å². The Hall–Kier alpha value is -0.850. The van der Waals surface area contributed by atoms with E-state index >= 15 is 0 Å². The summed E-state index contributed by atoms with van der Waals surface area (Å²) in [6.45, 7) is 5.34. The van der Waals surface area contributed by atoms with Gasteiger partial charge in [0.15, 0.2) is 12.0 Å². The Balaban J connectivity index is 2.20. The van der Waals surface area contributed by atoms with Gasteiger partial charge < -0.3 is 19.3 Å². The Morgan fingerprint density at radius 1 is 1.31 bits per heavy atom. The van der Waals surface area contributed by atoms with Gasteiger partial charge in [0.05, 0.1) is 6.10 Å². The minimum Gasteiger partial charge on any atom is -0.387 e. The highest BCUT2D eigenvalue weighted by atomic mass is 16.8. The molecule has 2 fully saturated rings. The first-order valence-electron chi connectivity index (χ1n) is 5.18. The predicted molar refractivity (Wildman–Crippen MR) is 53.3 cm³/mol. The van der Waals surface area contributed by atoms with E-state index in [9.17, 15) is 5.11 Å². The summed E-state index contributed by atoms with van der Waals surface area (Å²) in [5.74, 6) is -0.751. The van der Waals surface area contributed by atoms with E-state index in [-0.39, 0.29) is 12.2 Å². The summed E-state index contributed by atoms with van der Waals surface area (Å²) >= 11 is 0. The van der Waals surface area contributed by atoms with Gasteiger partial charge in [-0.25, -0.2) is 0 Å². The van der Waals surface area contributed by atoms with Gasteiger partial charge in [-0.3, -0.25) is 0 Å². The molecule has 7 nitrogen and oxygen atoms in total. The molecule has 0 aliphatic carbocycles. The Morgan fingerprint density at radius 2 is 1.94 bits per heavy atom. The molecule has 5 atom stereocenters. The molecule has 2 heterocycles. The van der Waals surface area contributed by atoms with Gasteiger partial charge in [-0.15, -0.1) is 0 Å². The maximum absolute atomic E-state index is 9.93. The number of ether oxygens (including phenoxy) is 3. The molecule has 0 aromatic heterocycles. The summed E-state index contributed by atoms with van der Waals surface area (Å²) in [4.78, 5) is 2.64. The minimum atomic E-state index is -1.00. The third kappa shape index (κ3) is 1.88. The topological polar surface area (TPSA) is 96.7 Å². The summed E-state index contributed by atoms with van der Waals surface area (Å²) < 4.78 is 16.6. The average molecular weight is 229 g/mol. The number of aliphatic hydroxyl groups excluding tert-OH is 1. The number of hydrogen-bond donors (Lipinski definition) is 1. The molecule has 0 spiro atoms. The second-order valence-corrected chi connectivity index (χ2v) is 4.49. The van der Waals surface area contributed by atoms with Crippen LogP contribution in [0.3, 0.4) is 0 Å². The minimum absolute atomic E-state index is 0.286. The highest BCUT2D eigenvalue weighted by molar-refractivity contribution is 4.96. The largest absolute Gasteiger partial charge is 0.387 e. The van der Waals surface area contributed by atoms with E-state index in [4.69, 9.17) is 19.7 Å². The van der Waals surface area contributed by atoms with Gasteiger partial charge in [-0.05, 0) is 26.3 Å². The van der Waals surface area contributed by atoms with E-state index in [1.54, 1.807) is 20.8 Å². The summed E-state index contributed by atoms with van der Waals surface area (Å²) in [6, 6.07) is 0. The number of hydrogen-bond acceptors (Lipinski definition) is 5. The van der Waals surface area contributed by atoms with Gasteiger partial charge in [-0.2, -0.15) is 0 Å². The average Bonchev–Trinajstić information content (AvgIpc) is 2.51. The first kappa shape index (κ1) is 11.6. The van der Waals surface area contributed by atoms with Gasteiger partial charge in [0.25, 0.3) is 0 Å². The van der Waals surface area contributed by atoms with Crippen LogP contribution in [-0.2, 0) is 14.2 Å². The molecule has 0 unspecified atom stereocenters. The number of fused-ring (bicyclic) bond motifs is 1. The van der Waals surface area contributed by atoms with Crippen molar-refractivity contribution in [3.05, 3.63) is 10.4 Å². The molecule has 7 heteroatoms. The van der Waals surface area contributed by atoms with Crippen LogP contribution in [0.2, 0.25) is 0 Å². The molecule has 90 valence electrons. The van der Waals surface area contributed by atoms with E-state index in [0.29, 0.717) is 0 Å². The van der Waals surface area contributed by atoms with E-state index in [0.717, 1.165) is 0 Å². The van der Waals surface area contributed by atoms with E-state index in [1.165, 1.54) is 0 Å². The van der Waals surface area contributed by atoms with Gasteiger partial charge in [0, 0.05) is 4.91 Å². The molecule has 2 rings (SSSR count). The second kappa shape index (κ2) is 3.87. The Bertz CT molecular complexity index is 329. The number of aliphatic hydroxyl groups is 1. The van der Waals surface area contributed by atoms with Crippen molar-refractivity contribution >= 4 is 0 Å². The molecular formula is C9H15N3O4. The van der Waals surface area contributed by atoms with Crippen LogP contribution in [0.1, 0.15) is 20.8 Å². The van der Waals surface area contributed by atoms with Crippen LogP contribution in [-0.4, -0.2) is 41.5 Å². The summed E-state index contributed by atoms with van der Waals surface area (Å²) in [5.41, 5.74) is 8.36. The van der Waals surface area contributed by atoms with Crippen molar-refractivity contribution in [1.82, 2.24) is 0 Å². The van der Waals surface area contributed by atoms with Gasteiger partial charge >= 0.3 is 0 Å². The van der Waals surface area contributed by atoms with Crippen molar-refractivity contribution in [3.63, 3.8) is 0 Å². The van der Waals surface area contributed by atoms with E-state index in [1.807, 2.05) is 0 Å². The zero-order valence-corrected chi connectivity index (χ0v) is 9.40. The number of azide groups is 1. The van der Waals surface area contributed by atoms with Crippen molar-refractivity contribution in [1.29, 1.82) is 0 Å². The molecule has 2 aliphatic rings. The molecule has 0 saturated carbocycles. The van der Waals surface area contributed by atoms with Crippen molar-refractivity contribution in [3.8, 4) is 0 Å². The van der Waals surface area contributed by atoms with Crippen LogP contribution in [0, 0.1) is 0 Å². The summed E-state index contributed by atoms with van der Waals surface area (Å²) in [5, 5.41) is 13.3. The Kier molecular flexibility index (Phi) is 2.81. The lowest BCUT2D eigenvalue weighted by atomic mass is 9.99. The van der Waals surface area contributed by atoms with E-state index in [2.05, 4.69) is 10.0 Å². The van der Waals surface area contributed by atoms with Crippen LogP contribution in [0.4, 0.5) is 0 Å². The molecule has 0 bridgehead atoms. The lowest BCUT2D eigenvalue weighted by Gasteiger charge is -2.36. The van der Waals surface area contributed by atoms with E-state index < -0.39 is 24.2 Å². The SMILES string of the molecule is C[C@H]1O[C@@H](N=[N+]=[N-])[C@H](O)[C@H]2OC(C)(C)O[C@H]21. The van der Waals surface area contributed by atoms with Crippen LogP contribution in [0.5, 0.6) is 0 Å². The monoisotopic (exact) mass is 229 g/mol. The molecule has 0 aromatic carbocycles. The van der Waals surface area contributed by atoms with Crippen molar-refractivity contribution in [2.75, 3.05) is 0 Å². The molecule has 0 amide bonds. The zero-order valence-electron chi connectivity index (χ0n) is 9.40. The Morgan fingerprint density at radius 3 is 2.56 bits per heavy atom. The summed E-state index contributed by atoms with van der Waals surface area (Å²) in [7, 11) is 0. The van der Waals surface area contributed by atoms with Crippen molar-refractivity contribution in [2.24, 2.45) is 5.11 Å². The third-order valence-corrected chi connectivity index (χ3v) is 2.77. The van der Waals surface area contributed by atoms with Crippen molar-refractivity contribution < 1.29 is 19.3 Å². The quantitative estimate of drug-likeness (QED) is 0.410. The number of nitrogens with zero attached hydrogens (tertiary/aromatic N) is 3. The van der Waals surface area contributed by atoms with Crippen molar-refractivity contribution in [2.45, 2.75) is 57.2 Å². The third-order valence-electron chi connectivity index (χ3n) is 2.77. The first-order chi connectivity index (χ1) is 7.44. The van der Waals surface area contributed by atoms with Gasteiger partial charge in [-0.1, -0.05) is 5.11 Å². The fourth-order valence-corrected chi connectivity index (χ4v) is 2.13. The van der Waals surface area contributed by atoms with Crippen LogP contribution >= 0.6 is 0 Å². The molecule has 2 saturated heterocycles. The lowest BCUT2D eigenvalue weighted by Crippen LogP contribution is -2.54. The highest BCUT2D eigenvalue weighted by Crippen LogP contribution is 2.37. The summed E-state index contributed by atoms with van der Waals surface area (Å²) in [6.07, 6.45) is -3.06. The molecule has 16 heavy (non-hydrogen) atoms. The maximum atomic E-state index is 9.93. The van der Waals surface area contributed by atoms with Gasteiger partial charge in [0.1, 0.15) is 18.3 Å². The smallest absolute Gasteiger partial charge is 0.165 e. The standard InChI is InChI=1S/C9H15N3O4/c1-4-6-7(16-9(2,3)15-6)5(13)8(14-4)11-12-10/h4-8,13H,1-3H3/t4-,5-,6+,7-,8-/m1/s1. The fourth-order valence-electron chi connectivity index (χ4n) is 2.13.